The minimum Gasteiger partial charge on any atom is -0.349 e. The molecule has 0 aliphatic heterocycles. The van der Waals surface area contributed by atoms with Gasteiger partial charge in [0.15, 0.2) is 0 Å². The average molecular weight is 332 g/mol. The maximum Gasteiger partial charge on any atom is 0.254 e. The number of hydrogen-bond donors (Lipinski definition) is 1. The number of halogens is 3. The minimum atomic E-state index is -0.810. The molecule has 5 heteroatoms. The predicted molar refractivity (Wildman–Crippen MR) is 73.5 cm³/mol. The fourth-order valence-electron chi connectivity index (χ4n) is 2.29. The van der Waals surface area contributed by atoms with Crippen LogP contribution in [0, 0.1) is 18.6 Å². The molecule has 0 atom stereocenters. The highest BCUT2D eigenvalue weighted by molar-refractivity contribution is 9.09. The van der Waals surface area contributed by atoms with Crippen LogP contribution in [0.3, 0.4) is 0 Å². The van der Waals surface area contributed by atoms with Crippen LogP contribution in [0.15, 0.2) is 12.1 Å². The fraction of sp³-hybridized carbons (Fsp3) is 0.500. The lowest BCUT2D eigenvalue weighted by atomic mass is 9.95. The second kappa shape index (κ2) is 5.99. The molecule has 0 heterocycles. The summed E-state index contributed by atoms with van der Waals surface area (Å²) in [5, 5.41) is 2.82. The summed E-state index contributed by atoms with van der Waals surface area (Å²) in [6, 6.07) is 2.10. The largest absolute Gasteiger partial charge is 0.349 e. The third-order valence-electron chi connectivity index (χ3n) is 3.48. The highest BCUT2D eigenvalue weighted by atomic mass is 79.9. The van der Waals surface area contributed by atoms with Crippen LogP contribution in [0.4, 0.5) is 8.78 Å². The van der Waals surface area contributed by atoms with Crippen molar-refractivity contribution in [2.75, 3.05) is 0 Å². The van der Waals surface area contributed by atoms with Crippen LogP contribution in [0.1, 0.15) is 41.6 Å². The van der Waals surface area contributed by atoms with Crippen LogP contribution in [-0.2, 0) is 0 Å². The second-order valence-corrected chi connectivity index (χ2v) is 6.30. The molecule has 1 amide bonds. The van der Waals surface area contributed by atoms with Crippen LogP contribution >= 0.6 is 15.9 Å². The normalized spacial score (nSPS) is 23.2. The van der Waals surface area contributed by atoms with Gasteiger partial charge in [-0.05, 0) is 44.2 Å². The van der Waals surface area contributed by atoms with Gasteiger partial charge < -0.3 is 5.32 Å². The van der Waals surface area contributed by atoms with Crippen LogP contribution in [0.25, 0.3) is 0 Å². The number of benzene rings is 1. The lowest BCUT2D eigenvalue weighted by Gasteiger charge is -2.26. The van der Waals surface area contributed by atoms with Gasteiger partial charge in [0.25, 0.3) is 5.91 Å². The Labute approximate surface area is 119 Å². The summed E-state index contributed by atoms with van der Waals surface area (Å²) in [6.07, 6.45) is 3.75. The van der Waals surface area contributed by atoms with Gasteiger partial charge in [-0.15, -0.1) is 0 Å². The molecule has 0 spiro atoms. The highest BCUT2D eigenvalue weighted by Crippen LogP contribution is 2.24. The Morgan fingerprint density at radius 3 is 2.47 bits per heavy atom. The van der Waals surface area contributed by atoms with Crippen molar-refractivity contribution in [1.82, 2.24) is 5.32 Å². The summed E-state index contributed by atoms with van der Waals surface area (Å²) in [5.74, 6) is -1.90. The van der Waals surface area contributed by atoms with Gasteiger partial charge in [-0.1, -0.05) is 15.9 Å². The van der Waals surface area contributed by atoms with E-state index in [1.54, 1.807) is 0 Å². The zero-order chi connectivity index (χ0) is 14.0. The number of alkyl halides is 1. The summed E-state index contributed by atoms with van der Waals surface area (Å²) in [4.78, 5) is 12.5. The Morgan fingerprint density at radius 2 is 1.84 bits per heavy atom. The van der Waals surface area contributed by atoms with Gasteiger partial charge in [-0.3, -0.25) is 4.79 Å². The molecule has 1 N–H and O–H groups in total. The molecule has 0 radical (unpaired) electrons. The first-order chi connectivity index (χ1) is 8.97. The molecule has 104 valence electrons. The van der Waals surface area contributed by atoms with Crippen molar-refractivity contribution in [3.8, 4) is 0 Å². The Hall–Kier alpha value is -0.970. The van der Waals surface area contributed by atoms with Crippen molar-refractivity contribution < 1.29 is 13.6 Å². The molecule has 1 aromatic rings. The zero-order valence-corrected chi connectivity index (χ0v) is 12.3. The van der Waals surface area contributed by atoms with Gasteiger partial charge in [0.05, 0.1) is 5.56 Å². The van der Waals surface area contributed by atoms with Crippen molar-refractivity contribution in [1.29, 1.82) is 0 Å². The van der Waals surface area contributed by atoms with E-state index >= 15 is 0 Å². The number of carbonyl (C=O) groups excluding carboxylic acids is 1. The first kappa shape index (κ1) is 14.4. The molecule has 0 saturated heterocycles. The predicted octanol–water partition coefficient (Wildman–Crippen LogP) is 3.71. The van der Waals surface area contributed by atoms with Crippen LogP contribution in [-0.4, -0.2) is 16.8 Å². The van der Waals surface area contributed by atoms with Crippen LogP contribution < -0.4 is 5.32 Å². The van der Waals surface area contributed by atoms with E-state index in [0.717, 1.165) is 31.7 Å². The minimum absolute atomic E-state index is 0.0751. The number of amides is 1. The van der Waals surface area contributed by atoms with E-state index in [1.165, 1.54) is 13.0 Å². The molecule has 2 rings (SSSR count). The summed E-state index contributed by atoms with van der Waals surface area (Å²) in [6.45, 7) is 1.52. The SMILES string of the molecule is Cc1cc(C(=O)NC2CCC(Br)CC2)c(F)cc1F. The van der Waals surface area contributed by atoms with Crippen molar-refractivity contribution in [2.45, 2.75) is 43.5 Å². The molecule has 0 unspecified atom stereocenters. The molecule has 1 aliphatic rings. The summed E-state index contributed by atoms with van der Waals surface area (Å²) in [7, 11) is 0. The topological polar surface area (TPSA) is 29.1 Å². The maximum atomic E-state index is 13.6. The van der Waals surface area contributed by atoms with E-state index in [-0.39, 0.29) is 17.2 Å². The summed E-state index contributed by atoms with van der Waals surface area (Å²) in [5.41, 5.74) is 0.190. The van der Waals surface area contributed by atoms with Crippen LogP contribution in [0.5, 0.6) is 0 Å². The van der Waals surface area contributed by atoms with Gasteiger partial charge in [-0.25, -0.2) is 8.78 Å². The monoisotopic (exact) mass is 331 g/mol. The molecule has 0 bridgehead atoms. The van der Waals surface area contributed by atoms with Gasteiger partial charge in [0.2, 0.25) is 0 Å². The van der Waals surface area contributed by atoms with E-state index in [4.69, 9.17) is 0 Å². The molecule has 1 saturated carbocycles. The first-order valence-corrected chi connectivity index (χ1v) is 7.29. The van der Waals surface area contributed by atoms with Gasteiger partial charge in [0.1, 0.15) is 11.6 Å². The highest BCUT2D eigenvalue weighted by Gasteiger charge is 2.22. The molecule has 2 nitrogen and oxygen atoms in total. The molecule has 1 aliphatic carbocycles. The van der Waals surface area contributed by atoms with E-state index in [1.807, 2.05) is 0 Å². The molecular formula is C14H16BrF2NO. The molecule has 19 heavy (non-hydrogen) atoms. The molecule has 1 aromatic carbocycles. The van der Waals surface area contributed by atoms with Crippen molar-refractivity contribution in [2.24, 2.45) is 0 Å². The number of aryl methyl sites for hydroxylation is 1. The molecule has 1 fully saturated rings. The van der Waals surface area contributed by atoms with E-state index < -0.39 is 17.5 Å². The van der Waals surface area contributed by atoms with Crippen molar-refractivity contribution in [3.63, 3.8) is 0 Å². The summed E-state index contributed by atoms with van der Waals surface area (Å²) >= 11 is 3.54. The molecule has 0 aromatic heterocycles. The van der Waals surface area contributed by atoms with Gasteiger partial charge in [0, 0.05) is 16.9 Å². The zero-order valence-electron chi connectivity index (χ0n) is 10.7. The number of carbonyl (C=O) groups is 1. The number of hydrogen-bond acceptors (Lipinski definition) is 1. The Bertz CT molecular complexity index is 485. The third-order valence-corrected chi connectivity index (χ3v) is 4.40. The van der Waals surface area contributed by atoms with Gasteiger partial charge in [-0.2, -0.15) is 0 Å². The Morgan fingerprint density at radius 1 is 1.21 bits per heavy atom. The van der Waals surface area contributed by atoms with Gasteiger partial charge >= 0.3 is 0 Å². The Kier molecular flexibility index (Phi) is 4.55. The quantitative estimate of drug-likeness (QED) is 0.822. The van der Waals surface area contributed by atoms with Crippen molar-refractivity contribution in [3.05, 3.63) is 34.9 Å². The maximum absolute atomic E-state index is 13.6. The lowest BCUT2D eigenvalue weighted by Crippen LogP contribution is -2.38. The standard InChI is InChI=1S/C14H16BrF2NO/c1-8-6-11(13(17)7-12(8)16)14(19)18-10-4-2-9(15)3-5-10/h6-7,9-10H,2-5H2,1H3,(H,18,19). The van der Waals surface area contributed by atoms with E-state index in [9.17, 15) is 13.6 Å². The smallest absolute Gasteiger partial charge is 0.254 e. The molecular weight excluding hydrogens is 316 g/mol. The van der Waals surface area contributed by atoms with Crippen LogP contribution in [0.2, 0.25) is 0 Å². The third kappa shape index (κ3) is 3.53. The average Bonchev–Trinajstić information content (AvgIpc) is 2.36. The Balaban J connectivity index is 2.06. The lowest BCUT2D eigenvalue weighted by molar-refractivity contribution is 0.0924. The van der Waals surface area contributed by atoms with E-state index in [0.29, 0.717) is 4.83 Å². The first-order valence-electron chi connectivity index (χ1n) is 6.38. The number of rotatable bonds is 2. The fourth-order valence-corrected chi connectivity index (χ4v) is 2.82. The van der Waals surface area contributed by atoms with E-state index in [2.05, 4.69) is 21.2 Å². The number of nitrogens with one attached hydrogen (secondary N) is 1. The van der Waals surface area contributed by atoms with Crippen molar-refractivity contribution >= 4 is 21.8 Å². The summed E-state index contributed by atoms with van der Waals surface area (Å²) < 4.78 is 26.7. The second-order valence-electron chi connectivity index (χ2n) is 5.00.